The maximum absolute atomic E-state index is 12.0. The summed E-state index contributed by atoms with van der Waals surface area (Å²) in [6, 6.07) is 0. The minimum absolute atomic E-state index is 0.0737. The van der Waals surface area contributed by atoms with Crippen molar-refractivity contribution >= 4 is 9.84 Å². The number of methoxy groups -OCH3 is 1. The highest BCUT2D eigenvalue weighted by Crippen LogP contribution is 2.38. The molecule has 1 aliphatic rings. The molecule has 1 N–H and O–H groups in total. The van der Waals surface area contributed by atoms with Crippen LogP contribution >= 0.6 is 0 Å². The zero-order valence-electron chi connectivity index (χ0n) is 13.1. The fourth-order valence-electron chi connectivity index (χ4n) is 2.56. The van der Waals surface area contributed by atoms with Gasteiger partial charge in [-0.2, -0.15) is 0 Å². The quantitative estimate of drug-likeness (QED) is 0.649. The first kappa shape index (κ1) is 17.9. The van der Waals surface area contributed by atoms with Gasteiger partial charge in [-0.15, -0.1) is 0 Å². The van der Waals surface area contributed by atoms with Gasteiger partial charge < -0.3 is 14.8 Å². The molecule has 1 rings (SSSR count). The van der Waals surface area contributed by atoms with Gasteiger partial charge in [0.05, 0.1) is 23.7 Å². The van der Waals surface area contributed by atoms with Crippen LogP contribution in [0.5, 0.6) is 0 Å². The lowest BCUT2D eigenvalue weighted by atomic mass is 9.79. The van der Waals surface area contributed by atoms with Crippen LogP contribution in [0.1, 0.15) is 33.6 Å². The van der Waals surface area contributed by atoms with Crippen molar-refractivity contribution in [1.82, 2.24) is 5.32 Å². The molecule has 6 heteroatoms. The third-order valence-electron chi connectivity index (χ3n) is 4.39. The Labute approximate surface area is 123 Å². The second-order valence-corrected chi connectivity index (χ2v) is 8.64. The Kier molecular flexibility index (Phi) is 6.91. The maximum Gasteiger partial charge on any atom is 0.152 e. The molecule has 0 aliphatic carbocycles. The van der Waals surface area contributed by atoms with Gasteiger partial charge in [-0.05, 0) is 33.6 Å². The van der Waals surface area contributed by atoms with Crippen molar-refractivity contribution in [2.45, 2.75) is 45.0 Å². The van der Waals surface area contributed by atoms with Crippen LogP contribution in [0.2, 0.25) is 0 Å². The van der Waals surface area contributed by atoms with Crippen molar-refractivity contribution in [3.8, 4) is 0 Å². The molecule has 2 atom stereocenters. The van der Waals surface area contributed by atoms with E-state index in [4.69, 9.17) is 9.47 Å². The topological polar surface area (TPSA) is 64.6 Å². The van der Waals surface area contributed by atoms with Gasteiger partial charge in [-0.3, -0.25) is 0 Å². The molecule has 0 aromatic heterocycles. The first-order chi connectivity index (χ1) is 9.34. The second-order valence-electron chi connectivity index (χ2n) is 5.96. The largest absolute Gasteiger partial charge is 0.383 e. The number of sulfone groups is 1. The zero-order chi connectivity index (χ0) is 15.2. The molecule has 2 unspecified atom stereocenters. The third-order valence-corrected chi connectivity index (χ3v) is 6.60. The van der Waals surface area contributed by atoms with Crippen LogP contribution in [0.3, 0.4) is 0 Å². The fourth-order valence-corrected chi connectivity index (χ4v) is 3.72. The molecule has 0 radical (unpaired) electrons. The van der Waals surface area contributed by atoms with Crippen LogP contribution in [0.25, 0.3) is 0 Å². The summed E-state index contributed by atoms with van der Waals surface area (Å²) in [6.07, 6.45) is 1.68. The molecule has 1 heterocycles. The van der Waals surface area contributed by atoms with E-state index in [-0.39, 0.29) is 22.5 Å². The highest BCUT2D eigenvalue weighted by Gasteiger charge is 2.41. The fraction of sp³-hybridized carbons (Fsp3) is 1.00. The predicted molar refractivity (Wildman–Crippen MR) is 80.7 cm³/mol. The van der Waals surface area contributed by atoms with E-state index in [0.717, 1.165) is 26.1 Å². The Morgan fingerprint density at radius 3 is 2.65 bits per heavy atom. The van der Waals surface area contributed by atoms with E-state index in [1.165, 1.54) is 0 Å². The zero-order valence-corrected chi connectivity index (χ0v) is 14.0. The minimum Gasteiger partial charge on any atom is -0.383 e. The van der Waals surface area contributed by atoms with Gasteiger partial charge in [0.15, 0.2) is 9.84 Å². The molecule has 1 fully saturated rings. The maximum atomic E-state index is 12.0. The van der Waals surface area contributed by atoms with Crippen LogP contribution in [0, 0.1) is 5.41 Å². The molecular formula is C14H29NO4S. The number of hydrogen-bond donors (Lipinski definition) is 1. The van der Waals surface area contributed by atoms with Gasteiger partial charge >= 0.3 is 0 Å². The Bertz CT molecular complexity index is 383. The lowest BCUT2D eigenvalue weighted by molar-refractivity contribution is 0.0603. The van der Waals surface area contributed by atoms with Crippen molar-refractivity contribution in [3.05, 3.63) is 0 Å². The summed E-state index contributed by atoms with van der Waals surface area (Å²) in [5, 5.41) is 3.06. The van der Waals surface area contributed by atoms with Gasteiger partial charge in [0, 0.05) is 32.2 Å². The second kappa shape index (κ2) is 7.73. The lowest BCUT2D eigenvalue weighted by Crippen LogP contribution is -2.42. The third kappa shape index (κ3) is 4.69. The highest BCUT2D eigenvalue weighted by molar-refractivity contribution is 7.91. The van der Waals surface area contributed by atoms with Crippen LogP contribution in [0.4, 0.5) is 0 Å². The van der Waals surface area contributed by atoms with Crippen molar-refractivity contribution in [3.63, 3.8) is 0 Å². The predicted octanol–water partition coefficient (Wildman–Crippen LogP) is 1.23. The molecule has 5 nitrogen and oxygen atoms in total. The summed E-state index contributed by atoms with van der Waals surface area (Å²) in [6.45, 7) is 8.48. The molecule has 1 aliphatic heterocycles. The monoisotopic (exact) mass is 307 g/mol. The van der Waals surface area contributed by atoms with E-state index in [1.807, 2.05) is 6.92 Å². The van der Waals surface area contributed by atoms with Gasteiger partial charge in [-0.25, -0.2) is 8.42 Å². The number of ether oxygens (including phenoxy) is 2. The lowest BCUT2D eigenvalue weighted by Gasteiger charge is -2.33. The number of nitrogens with one attached hydrogen (secondary N) is 1. The highest BCUT2D eigenvalue weighted by atomic mass is 32.2. The van der Waals surface area contributed by atoms with Crippen molar-refractivity contribution < 1.29 is 17.9 Å². The summed E-state index contributed by atoms with van der Waals surface area (Å²) in [4.78, 5) is 0. The molecule has 0 aromatic carbocycles. The summed E-state index contributed by atoms with van der Waals surface area (Å²) in [7, 11) is -1.32. The summed E-state index contributed by atoms with van der Waals surface area (Å²) >= 11 is 0. The van der Waals surface area contributed by atoms with Gasteiger partial charge in [0.2, 0.25) is 0 Å². The molecule has 0 spiro atoms. The van der Waals surface area contributed by atoms with E-state index in [9.17, 15) is 8.42 Å². The van der Waals surface area contributed by atoms with Crippen molar-refractivity contribution in [2.24, 2.45) is 5.41 Å². The van der Waals surface area contributed by atoms with Crippen LogP contribution in [0.15, 0.2) is 0 Å². The van der Waals surface area contributed by atoms with Gasteiger partial charge in [-0.1, -0.05) is 0 Å². The number of rotatable bonds is 9. The average Bonchev–Trinajstić information content (AvgIpc) is 2.74. The average molecular weight is 307 g/mol. The van der Waals surface area contributed by atoms with Crippen molar-refractivity contribution in [1.29, 1.82) is 0 Å². The summed E-state index contributed by atoms with van der Waals surface area (Å²) < 4.78 is 34.8. The van der Waals surface area contributed by atoms with E-state index in [0.29, 0.717) is 13.0 Å². The molecule has 0 aromatic rings. The van der Waals surface area contributed by atoms with Crippen LogP contribution < -0.4 is 5.32 Å². The molecule has 0 amide bonds. The SMILES string of the molecule is COCCNCC1(CCS(=O)(=O)C(C)C)CCOC1C. The first-order valence-corrected chi connectivity index (χ1v) is 9.08. The smallest absolute Gasteiger partial charge is 0.152 e. The molecule has 120 valence electrons. The van der Waals surface area contributed by atoms with Crippen LogP contribution in [-0.2, 0) is 19.3 Å². The van der Waals surface area contributed by atoms with E-state index >= 15 is 0 Å². The standard InChI is InChI=1S/C14H29NO4S/c1-12(2)20(16,17)10-6-14(5-8-19-13(14)3)11-15-7-9-18-4/h12-13,15H,5-11H2,1-4H3. The van der Waals surface area contributed by atoms with Gasteiger partial charge in [0.1, 0.15) is 0 Å². The molecule has 1 saturated heterocycles. The first-order valence-electron chi connectivity index (χ1n) is 7.37. The van der Waals surface area contributed by atoms with E-state index < -0.39 is 9.84 Å². The van der Waals surface area contributed by atoms with E-state index in [2.05, 4.69) is 5.32 Å². The Balaban J connectivity index is 2.61. The minimum atomic E-state index is -2.99. The Morgan fingerprint density at radius 1 is 1.45 bits per heavy atom. The number of hydrogen-bond acceptors (Lipinski definition) is 5. The van der Waals surface area contributed by atoms with Gasteiger partial charge in [0.25, 0.3) is 0 Å². The summed E-state index contributed by atoms with van der Waals surface area (Å²) in [5.41, 5.74) is -0.0737. The Morgan fingerprint density at radius 2 is 2.15 bits per heavy atom. The van der Waals surface area contributed by atoms with E-state index in [1.54, 1.807) is 21.0 Å². The van der Waals surface area contributed by atoms with Crippen molar-refractivity contribution in [2.75, 3.05) is 39.2 Å². The molecular weight excluding hydrogens is 278 g/mol. The summed E-state index contributed by atoms with van der Waals surface area (Å²) in [5.74, 6) is 0.240. The molecule has 0 saturated carbocycles. The molecule has 0 bridgehead atoms. The van der Waals surface area contributed by atoms with Crippen LogP contribution in [-0.4, -0.2) is 58.9 Å². The molecule has 20 heavy (non-hydrogen) atoms. The Hall–Kier alpha value is -0.170. The normalized spacial score (nSPS) is 27.4.